The van der Waals surface area contributed by atoms with E-state index in [1.807, 2.05) is 27.8 Å². The van der Waals surface area contributed by atoms with Gasteiger partial charge in [-0.2, -0.15) is 0 Å². The van der Waals surface area contributed by atoms with E-state index in [0.29, 0.717) is 38.8 Å². The van der Waals surface area contributed by atoms with E-state index in [0.717, 1.165) is 70.8 Å². The molecule has 0 aromatic carbocycles. The molecule has 0 unspecified atom stereocenters. The lowest BCUT2D eigenvalue weighted by Gasteiger charge is -2.37. The fourth-order valence-corrected chi connectivity index (χ4v) is 13.7. The molecule has 56 heavy (non-hydrogen) atoms. The topological polar surface area (TPSA) is 150 Å². The van der Waals surface area contributed by atoms with E-state index >= 15 is 4.79 Å². The zero-order valence-electron chi connectivity index (χ0n) is 34.9. The Morgan fingerprint density at radius 2 is 1.59 bits per heavy atom. The number of hydrogen-bond donors (Lipinski definition) is 2. The molecule has 7 fully saturated rings. The average molecular weight is 797 g/mol. The Morgan fingerprint density at radius 1 is 0.911 bits per heavy atom. The SMILES string of the molecule is C=C[C@@H]1C[C@]1(CC(=O)[C@@H]1C[C@@]2(CN1C(=O)[C@@H](CC(=O)[C@@H](NC(=O)[C@@H]1CCCN(C)C1)C1CCCCC1)C(C)(C)C)C(C)(C)C21CCC1)C(=O)NS(=O)(=O)C1CC1. The van der Waals surface area contributed by atoms with Crippen LogP contribution in [-0.2, 0) is 34.0 Å². The summed E-state index contributed by atoms with van der Waals surface area (Å²) in [5, 5.41) is 2.65. The molecule has 3 amide bonds. The normalized spacial score (nSPS) is 33.6. The molecule has 11 nitrogen and oxygen atoms in total. The summed E-state index contributed by atoms with van der Waals surface area (Å²) in [4.78, 5) is 76.1. The summed E-state index contributed by atoms with van der Waals surface area (Å²) < 4.78 is 28.0. The van der Waals surface area contributed by atoms with Gasteiger partial charge in [0.05, 0.1) is 28.7 Å². The number of carbonyl (C=O) groups is 5. The monoisotopic (exact) mass is 796 g/mol. The molecule has 2 N–H and O–H groups in total. The minimum atomic E-state index is -3.82. The number of hydrogen-bond acceptors (Lipinski definition) is 8. The second-order valence-electron chi connectivity index (χ2n) is 20.9. The van der Waals surface area contributed by atoms with E-state index in [1.54, 1.807) is 11.0 Å². The van der Waals surface area contributed by atoms with Gasteiger partial charge in [0.15, 0.2) is 11.6 Å². The summed E-state index contributed by atoms with van der Waals surface area (Å²) >= 11 is 0. The highest BCUT2D eigenvalue weighted by molar-refractivity contribution is 7.90. The number of piperidine rings is 1. The summed E-state index contributed by atoms with van der Waals surface area (Å²) in [7, 11) is -1.79. The molecule has 5 aliphatic carbocycles. The molecule has 0 bridgehead atoms. The summed E-state index contributed by atoms with van der Waals surface area (Å²) in [6.45, 7) is 16.4. The predicted molar refractivity (Wildman–Crippen MR) is 214 cm³/mol. The van der Waals surface area contributed by atoms with Gasteiger partial charge >= 0.3 is 0 Å². The molecule has 2 aliphatic heterocycles. The highest BCUT2D eigenvalue weighted by Crippen LogP contribution is 2.88. The number of rotatable bonds is 14. The highest BCUT2D eigenvalue weighted by Gasteiger charge is 2.85. The van der Waals surface area contributed by atoms with Gasteiger partial charge in [-0.3, -0.25) is 28.7 Å². The van der Waals surface area contributed by atoms with Crippen LogP contribution in [0.3, 0.4) is 0 Å². The van der Waals surface area contributed by atoms with Crippen molar-refractivity contribution in [3.63, 3.8) is 0 Å². The van der Waals surface area contributed by atoms with Gasteiger partial charge in [-0.25, -0.2) is 8.42 Å². The quantitative estimate of drug-likeness (QED) is 0.217. The predicted octanol–water partition coefficient (Wildman–Crippen LogP) is 5.57. The van der Waals surface area contributed by atoms with Crippen LogP contribution in [0.2, 0.25) is 0 Å². The van der Waals surface area contributed by atoms with Crippen LogP contribution in [0.15, 0.2) is 12.7 Å². The number of likely N-dealkylation sites (tertiary alicyclic amines) is 2. The molecule has 0 radical (unpaired) electrons. The standard InChI is InChI=1S/C44H68N4O7S/c1-8-30-23-42(30,39(53)46-56(54,55)31-17-18-31)25-35(50)33-24-44(41(5,6)43(44)19-13-20-43)27-48(33)38(52)32(40(2,3)4)22-34(49)36(28-14-10-9-11-15-28)45-37(51)29-16-12-21-47(7)26-29/h8,28-33,36H,1,9-27H2,2-7H3,(H,45,51)(H,46,53)/t29-,30-,32-,33+,36+,42-,44-/m1/s1. The molecular formula is C44H68N4O7S. The maximum absolute atomic E-state index is 15.3. The van der Waals surface area contributed by atoms with Crippen molar-refractivity contribution in [1.29, 1.82) is 0 Å². The van der Waals surface area contributed by atoms with Crippen molar-refractivity contribution in [2.24, 2.45) is 50.7 Å². The Bertz CT molecular complexity index is 1740. The first-order valence-corrected chi connectivity index (χ1v) is 23.3. The van der Waals surface area contributed by atoms with Gasteiger partial charge in [0.25, 0.3) is 0 Å². The van der Waals surface area contributed by atoms with Crippen molar-refractivity contribution in [3.8, 4) is 0 Å². The van der Waals surface area contributed by atoms with Crippen LogP contribution in [0.4, 0.5) is 0 Å². The number of allylic oxidation sites excluding steroid dienone is 1. The first-order chi connectivity index (χ1) is 26.2. The highest BCUT2D eigenvalue weighted by atomic mass is 32.2. The van der Waals surface area contributed by atoms with Crippen LogP contribution in [0.25, 0.3) is 0 Å². The van der Waals surface area contributed by atoms with Gasteiger partial charge in [0.2, 0.25) is 27.7 Å². The molecule has 2 saturated heterocycles. The molecule has 2 spiro atoms. The molecule has 7 rings (SSSR count). The van der Waals surface area contributed by atoms with E-state index in [2.05, 4.69) is 35.4 Å². The summed E-state index contributed by atoms with van der Waals surface area (Å²) in [5.74, 6) is -2.49. The second-order valence-corrected chi connectivity index (χ2v) is 22.9. The van der Waals surface area contributed by atoms with Crippen molar-refractivity contribution < 1.29 is 32.4 Å². The Kier molecular flexibility index (Phi) is 10.8. The number of sulfonamides is 1. The van der Waals surface area contributed by atoms with Gasteiger partial charge in [0.1, 0.15) is 0 Å². The summed E-state index contributed by atoms with van der Waals surface area (Å²) in [6, 6.07) is -1.44. The van der Waals surface area contributed by atoms with Gasteiger partial charge in [-0.1, -0.05) is 66.4 Å². The number of Topliss-reactive ketones (excluding diaryl/α,β-unsaturated/α-hetero) is 2. The summed E-state index contributed by atoms with van der Waals surface area (Å²) in [6.07, 6.45) is 13.1. The minimum absolute atomic E-state index is 0.0229. The van der Waals surface area contributed by atoms with Gasteiger partial charge in [-0.05, 0) is 106 Å². The molecule has 312 valence electrons. The van der Waals surface area contributed by atoms with Crippen molar-refractivity contribution in [1.82, 2.24) is 19.8 Å². The van der Waals surface area contributed by atoms with Crippen molar-refractivity contribution >= 4 is 39.3 Å². The fourth-order valence-electron chi connectivity index (χ4n) is 12.3. The number of nitrogens with zero attached hydrogens (tertiary/aromatic N) is 2. The third kappa shape index (κ3) is 7.02. The van der Waals surface area contributed by atoms with E-state index in [1.165, 1.54) is 0 Å². The average Bonchev–Trinajstić information content (AvgIpc) is 4.06. The van der Waals surface area contributed by atoms with Gasteiger partial charge < -0.3 is 15.1 Å². The minimum Gasteiger partial charge on any atom is -0.346 e. The van der Waals surface area contributed by atoms with Gasteiger partial charge in [0, 0.05) is 37.3 Å². The zero-order chi connectivity index (χ0) is 40.6. The van der Waals surface area contributed by atoms with Crippen LogP contribution in [0.5, 0.6) is 0 Å². The number of nitrogens with one attached hydrogen (secondary N) is 2. The van der Waals surface area contributed by atoms with Crippen LogP contribution in [0, 0.1) is 50.7 Å². The lowest BCUT2D eigenvalue weighted by Crippen LogP contribution is -2.53. The Hall–Kier alpha value is -2.60. The number of carbonyl (C=O) groups excluding carboxylic acids is 5. The molecule has 0 aromatic rings. The van der Waals surface area contributed by atoms with Crippen molar-refractivity contribution in [2.75, 3.05) is 26.7 Å². The van der Waals surface area contributed by atoms with Crippen molar-refractivity contribution in [3.05, 3.63) is 12.7 Å². The largest absolute Gasteiger partial charge is 0.346 e. The maximum Gasteiger partial charge on any atom is 0.240 e. The third-order valence-corrected chi connectivity index (χ3v) is 18.4. The molecule has 5 saturated carbocycles. The zero-order valence-corrected chi connectivity index (χ0v) is 35.7. The molecule has 0 aromatic heterocycles. The number of amides is 3. The molecule has 7 aliphatic rings. The van der Waals surface area contributed by atoms with E-state index < -0.39 is 50.0 Å². The summed E-state index contributed by atoms with van der Waals surface area (Å²) in [5.41, 5.74) is -2.13. The first-order valence-electron chi connectivity index (χ1n) is 21.8. The molecule has 2 heterocycles. The Morgan fingerprint density at radius 3 is 2.12 bits per heavy atom. The Balaban J connectivity index is 1.15. The Labute approximate surface area is 335 Å². The van der Waals surface area contributed by atoms with Gasteiger partial charge in [-0.15, -0.1) is 6.58 Å². The molecular weight excluding hydrogens is 729 g/mol. The molecule has 12 heteroatoms. The van der Waals surface area contributed by atoms with E-state index in [9.17, 15) is 27.6 Å². The number of fused-ring (bicyclic) bond motifs is 1. The van der Waals surface area contributed by atoms with Crippen LogP contribution in [-0.4, -0.2) is 91.5 Å². The number of ketones is 2. The van der Waals surface area contributed by atoms with Crippen LogP contribution < -0.4 is 10.0 Å². The molecule has 7 atom stereocenters. The van der Waals surface area contributed by atoms with Crippen LogP contribution >= 0.6 is 0 Å². The maximum atomic E-state index is 15.3. The van der Waals surface area contributed by atoms with Crippen LogP contribution in [0.1, 0.15) is 137 Å². The first kappa shape index (κ1) is 41.6. The smallest absolute Gasteiger partial charge is 0.240 e. The van der Waals surface area contributed by atoms with E-state index in [4.69, 9.17) is 0 Å². The lowest BCUT2D eigenvalue weighted by atomic mass is 9.73. The lowest BCUT2D eigenvalue weighted by molar-refractivity contribution is -0.147. The fraction of sp³-hybridized carbons (Fsp3) is 0.841. The van der Waals surface area contributed by atoms with Crippen molar-refractivity contribution in [2.45, 2.75) is 155 Å². The van der Waals surface area contributed by atoms with E-state index in [-0.39, 0.29) is 70.2 Å². The second kappa shape index (κ2) is 14.6. The third-order valence-electron chi connectivity index (χ3n) is 16.5.